The summed E-state index contributed by atoms with van der Waals surface area (Å²) >= 11 is 0. The fourth-order valence-corrected chi connectivity index (χ4v) is 4.16. The molecule has 1 amide bonds. The zero-order valence-electron chi connectivity index (χ0n) is 15.7. The van der Waals surface area contributed by atoms with Gasteiger partial charge in [-0.3, -0.25) is 9.10 Å². The van der Waals surface area contributed by atoms with Gasteiger partial charge in [0.2, 0.25) is 5.91 Å². The summed E-state index contributed by atoms with van der Waals surface area (Å²) in [6.07, 6.45) is 0.779. The predicted molar refractivity (Wildman–Crippen MR) is 105 cm³/mol. The van der Waals surface area contributed by atoms with E-state index in [1.165, 1.54) is 4.31 Å². The summed E-state index contributed by atoms with van der Waals surface area (Å²) in [7, 11) is -3.85. The average molecular weight is 375 g/mol. The predicted octanol–water partition coefficient (Wildman–Crippen LogP) is 3.41. The van der Waals surface area contributed by atoms with Gasteiger partial charge in [0.25, 0.3) is 10.0 Å². The minimum Gasteiger partial charge on any atom is -0.352 e. The molecule has 1 unspecified atom stereocenters. The van der Waals surface area contributed by atoms with Crippen molar-refractivity contribution in [2.45, 2.75) is 45.1 Å². The van der Waals surface area contributed by atoms with Gasteiger partial charge < -0.3 is 5.32 Å². The molecular formula is C20H26N2O3S. The second-order valence-electron chi connectivity index (χ2n) is 6.49. The number of rotatable bonds is 7. The Kier molecular flexibility index (Phi) is 6.42. The average Bonchev–Trinajstić information content (AvgIpc) is 2.60. The molecule has 2 aromatic carbocycles. The van der Waals surface area contributed by atoms with Crippen LogP contribution in [0, 0.1) is 13.8 Å². The Morgan fingerprint density at radius 1 is 1.12 bits per heavy atom. The van der Waals surface area contributed by atoms with E-state index in [-0.39, 0.29) is 23.4 Å². The van der Waals surface area contributed by atoms with E-state index >= 15 is 0 Å². The number of nitrogens with one attached hydrogen (secondary N) is 1. The van der Waals surface area contributed by atoms with Gasteiger partial charge in [0.05, 0.1) is 10.6 Å². The zero-order valence-corrected chi connectivity index (χ0v) is 16.5. The maximum Gasteiger partial charge on any atom is 0.264 e. The molecule has 6 heteroatoms. The number of benzene rings is 2. The number of carbonyl (C=O) groups excluding carboxylic acids is 1. The number of nitrogens with zero attached hydrogens (tertiary/aromatic N) is 1. The van der Waals surface area contributed by atoms with Gasteiger partial charge in [0.15, 0.2) is 0 Å². The molecule has 0 radical (unpaired) electrons. The maximum absolute atomic E-state index is 13.2. The summed E-state index contributed by atoms with van der Waals surface area (Å²) in [5.74, 6) is -0.321. The lowest BCUT2D eigenvalue weighted by Crippen LogP contribution is -2.43. The Bertz CT molecular complexity index is 864. The van der Waals surface area contributed by atoms with Crippen LogP contribution >= 0.6 is 0 Å². The highest BCUT2D eigenvalue weighted by atomic mass is 32.2. The summed E-state index contributed by atoms with van der Waals surface area (Å²) < 4.78 is 27.6. The summed E-state index contributed by atoms with van der Waals surface area (Å²) in [6, 6.07) is 13.7. The van der Waals surface area contributed by atoms with Gasteiger partial charge in [-0.2, -0.15) is 0 Å². The minimum atomic E-state index is -3.85. The largest absolute Gasteiger partial charge is 0.352 e. The molecule has 140 valence electrons. The number of hydrogen-bond acceptors (Lipinski definition) is 3. The first-order valence-corrected chi connectivity index (χ1v) is 10.1. The molecule has 0 spiro atoms. The van der Waals surface area contributed by atoms with Crippen LogP contribution in [-0.4, -0.2) is 26.9 Å². The Morgan fingerprint density at radius 3 is 2.35 bits per heavy atom. The van der Waals surface area contributed by atoms with Crippen molar-refractivity contribution < 1.29 is 13.2 Å². The highest BCUT2D eigenvalue weighted by Gasteiger charge is 2.28. The van der Waals surface area contributed by atoms with Gasteiger partial charge in [0.1, 0.15) is 6.54 Å². The van der Waals surface area contributed by atoms with Crippen molar-refractivity contribution in [1.29, 1.82) is 0 Å². The van der Waals surface area contributed by atoms with Crippen LogP contribution < -0.4 is 9.62 Å². The number of sulfonamides is 1. The fourth-order valence-electron chi connectivity index (χ4n) is 2.66. The first-order valence-electron chi connectivity index (χ1n) is 8.70. The standard InChI is InChI=1S/C20H26N2O3S/c1-5-17(4)21-20(23)14-22(19-12-11-15(2)13-16(19)3)26(24,25)18-9-7-6-8-10-18/h6-13,17H,5,14H2,1-4H3,(H,21,23). The van der Waals surface area contributed by atoms with Gasteiger partial charge in [0, 0.05) is 6.04 Å². The summed E-state index contributed by atoms with van der Waals surface area (Å²) in [4.78, 5) is 12.6. The monoisotopic (exact) mass is 374 g/mol. The van der Waals surface area contributed by atoms with Crippen LogP contribution in [-0.2, 0) is 14.8 Å². The first kappa shape index (κ1) is 20.0. The van der Waals surface area contributed by atoms with E-state index in [0.717, 1.165) is 17.5 Å². The van der Waals surface area contributed by atoms with E-state index in [2.05, 4.69) is 5.32 Å². The van der Waals surface area contributed by atoms with Crippen molar-refractivity contribution in [3.63, 3.8) is 0 Å². The molecule has 26 heavy (non-hydrogen) atoms. The van der Waals surface area contributed by atoms with Crippen LogP contribution in [0.4, 0.5) is 5.69 Å². The van der Waals surface area contributed by atoms with Crippen LogP contribution in [0.3, 0.4) is 0 Å². The van der Waals surface area contributed by atoms with Gasteiger partial charge in [-0.25, -0.2) is 8.42 Å². The molecule has 0 aliphatic heterocycles. The Morgan fingerprint density at radius 2 is 1.77 bits per heavy atom. The van der Waals surface area contributed by atoms with Gasteiger partial charge in [-0.05, 0) is 51.0 Å². The normalized spacial score (nSPS) is 12.5. The van der Waals surface area contributed by atoms with Crippen LogP contribution in [0.5, 0.6) is 0 Å². The molecule has 0 aliphatic rings. The number of carbonyl (C=O) groups is 1. The van der Waals surface area contributed by atoms with Crippen molar-refractivity contribution >= 4 is 21.6 Å². The quantitative estimate of drug-likeness (QED) is 0.808. The van der Waals surface area contributed by atoms with Crippen molar-refractivity contribution in [3.8, 4) is 0 Å². The van der Waals surface area contributed by atoms with E-state index in [0.29, 0.717) is 5.69 Å². The van der Waals surface area contributed by atoms with Crippen LogP contribution in [0.15, 0.2) is 53.4 Å². The van der Waals surface area contributed by atoms with Crippen molar-refractivity contribution in [3.05, 3.63) is 59.7 Å². The Hall–Kier alpha value is -2.34. The SMILES string of the molecule is CCC(C)NC(=O)CN(c1ccc(C)cc1C)S(=O)(=O)c1ccccc1. The van der Waals surface area contributed by atoms with E-state index in [1.54, 1.807) is 36.4 Å². The van der Waals surface area contributed by atoms with Crippen molar-refractivity contribution in [2.24, 2.45) is 0 Å². The third kappa shape index (κ3) is 4.64. The molecule has 5 nitrogen and oxygen atoms in total. The molecule has 2 aromatic rings. The van der Waals surface area contributed by atoms with E-state index in [1.807, 2.05) is 39.8 Å². The molecule has 0 fully saturated rings. The van der Waals surface area contributed by atoms with E-state index < -0.39 is 10.0 Å². The lowest BCUT2D eigenvalue weighted by Gasteiger charge is -2.26. The molecule has 0 bridgehead atoms. The smallest absolute Gasteiger partial charge is 0.264 e. The van der Waals surface area contributed by atoms with Gasteiger partial charge >= 0.3 is 0 Å². The fraction of sp³-hybridized carbons (Fsp3) is 0.350. The molecule has 1 N–H and O–H groups in total. The number of amides is 1. The highest BCUT2D eigenvalue weighted by Crippen LogP contribution is 2.27. The van der Waals surface area contributed by atoms with Crippen molar-refractivity contribution in [1.82, 2.24) is 5.32 Å². The second kappa shape index (κ2) is 8.36. The van der Waals surface area contributed by atoms with Crippen LogP contribution in [0.1, 0.15) is 31.4 Å². The van der Waals surface area contributed by atoms with E-state index in [9.17, 15) is 13.2 Å². The molecule has 0 heterocycles. The topological polar surface area (TPSA) is 66.5 Å². The maximum atomic E-state index is 13.2. The minimum absolute atomic E-state index is 0.0112. The zero-order chi connectivity index (χ0) is 19.3. The third-order valence-electron chi connectivity index (χ3n) is 4.26. The molecular weight excluding hydrogens is 348 g/mol. The Balaban J connectivity index is 2.47. The number of aryl methyl sites for hydroxylation is 2. The molecule has 1 atom stereocenters. The lowest BCUT2D eigenvalue weighted by molar-refractivity contribution is -0.120. The molecule has 2 rings (SSSR count). The molecule has 0 saturated carbocycles. The highest BCUT2D eigenvalue weighted by molar-refractivity contribution is 7.92. The van der Waals surface area contributed by atoms with E-state index in [4.69, 9.17) is 0 Å². The van der Waals surface area contributed by atoms with Gasteiger partial charge in [-0.1, -0.05) is 42.8 Å². The summed E-state index contributed by atoms with van der Waals surface area (Å²) in [5, 5.41) is 2.84. The van der Waals surface area contributed by atoms with Gasteiger partial charge in [-0.15, -0.1) is 0 Å². The molecule has 0 aromatic heterocycles. The van der Waals surface area contributed by atoms with Crippen molar-refractivity contribution in [2.75, 3.05) is 10.8 Å². The lowest BCUT2D eigenvalue weighted by atomic mass is 10.1. The number of hydrogen-bond donors (Lipinski definition) is 1. The Labute approximate surface area is 156 Å². The van der Waals surface area contributed by atoms with Crippen LogP contribution in [0.25, 0.3) is 0 Å². The first-order chi connectivity index (χ1) is 12.3. The van der Waals surface area contributed by atoms with Crippen LogP contribution in [0.2, 0.25) is 0 Å². The summed E-state index contributed by atoms with van der Waals surface area (Å²) in [5.41, 5.74) is 2.35. The summed E-state index contributed by atoms with van der Waals surface area (Å²) in [6.45, 7) is 7.40. The molecule has 0 saturated heterocycles. The molecule has 0 aliphatic carbocycles. The third-order valence-corrected chi connectivity index (χ3v) is 6.03. The number of anilines is 1. The second-order valence-corrected chi connectivity index (χ2v) is 8.35.